The third-order valence-electron chi connectivity index (χ3n) is 6.22. The van der Waals surface area contributed by atoms with Gasteiger partial charge in [-0.25, -0.2) is 0 Å². The summed E-state index contributed by atoms with van der Waals surface area (Å²) in [5.74, 6) is 1.37. The molecule has 1 aliphatic heterocycles. The zero-order valence-corrected chi connectivity index (χ0v) is 14.1. The van der Waals surface area contributed by atoms with Crippen molar-refractivity contribution in [3.63, 3.8) is 0 Å². The van der Waals surface area contributed by atoms with E-state index in [1.165, 1.54) is 0 Å². The van der Waals surface area contributed by atoms with Crippen LogP contribution in [0.15, 0.2) is 0 Å². The van der Waals surface area contributed by atoms with E-state index in [-0.39, 0.29) is 6.29 Å². The van der Waals surface area contributed by atoms with Crippen LogP contribution in [0.4, 0.5) is 8.78 Å². The van der Waals surface area contributed by atoms with E-state index in [1.807, 2.05) is 0 Å². The van der Waals surface area contributed by atoms with E-state index in [1.54, 1.807) is 0 Å². The molecule has 3 aliphatic rings. The number of halogens is 2. The molecule has 2 aliphatic carbocycles. The highest BCUT2D eigenvalue weighted by atomic mass is 19.3. The minimum Gasteiger partial charge on any atom is -0.352 e. The van der Waals surface area contributed by atoms with Gasteiger partial charge in [0.25, 0.3) is 0 Å². The highest BCUT2D eigenvalue weighted by Gasteiger charge is 2.41. The molecule has 0 amide bonds. The third kappa shape index (κ3) is 4.43. The zero-order chi connectivity index (χ0) is 16.4. The molecule has 0 unspecified atom stereocenters. The summed E-state index contributed by atoms with van der Waals surface area (Å²) in [7, 11) is 0. The predicted molar refractivity (Wildman–Crippen MR) is 82.9 cm³/mol. The van der Waals surface area contributed by atoms with Crippen LogP contribution in [0.1, 0.15) is 58.3 Å². The van der Waals surface area contributed by atoms with Crippen LogP contribution < -0.4 is 0 Å². The van der Waals surface area contributed by atoms with Gasteiger partial charge in [0.1, 0.15) is 0 Å². The van der Waals surface area contributed by atoms with Gasteiger partial charge in [-0.3, -0.25) is 0 Å². The minimum absolute atomic E-state index is 0.0315. The van der Waals surface area contributed by atoms with Crippen molar-refractivity contribution in [2.45, 2.75) is 70.7 Å². The van der Waals surface area contributed by atoms with Crippen LogP contribution in [-0.2, 0) is 9.47 Å². The molecule has 0 bridgehead atoms. The monoisotopic (exact) mass is 332 g/mol. The average Bonchev–Trinajstić information content (AvgIpc) is 2.55. The molecule has 5 heteroatoms. The molecule has 1 N–H and O–H groups in total. The summed E-state index contributed by atoms with van der Waals surface area (Å²) >= 11 is 0. The Balaban J connectivity index is 1.41. The fourth-order valence-electron chi connectivity index (χ4n) is 4.71. The van der Waals surface area contributed by atoms with Gasteiger partial charge in [-0.15, -0.1) is 0 Å². The molecule has 134 valence electrons. The smallest absolute Gasteiger partial charge is 0.352 e. The van der Waals surface area contributed by atoms with Gasteiger partial charge in [-0.1, -0.05) is 6.92 Å². The Morgan fingerprint density at radius 2 is 1.22 bits per heavy atom. The third-order valence-corrected chi connectivity index (χ3v) is 6.22. The fourth-order valence-corrected chi connectivity index (χ4v) is 4.71. The number of aliphatic hydroxyl groups is 1. The Bertz CT molecular complexity index is 361. The maximum atomic E-state index is 13.0. The van der Waals surface area contributed by atoms with Crippen LogP contribution in [-0.4, -0.2) is 30.7 Å². The van der Waals surface area contributed by atoms with Crippen molar-refractivity contribution >= 4 is 0 Å². The molecule has 23 heavy (non-hydrogen) atoms. The molecular weight excluding hydrogens is 302 g/mol. The normalized spacial score (nSPS) is 43.3. The van der Waals surface area contributed by atoms with Crippen molar-refractivity contribution in [2.24, 2.45) is 29.6 Å². The second kappa shape index (κ2) is 7.32. The highest BCUT2D eigenvalue weighted by molar-refractivity contribution is 4.84. The van der Waals surface area contributed by atoms with Gasteiger partial charge < -0.3 is 14.6 Å². The Morgan fingerprint density at radius 1 is 0.783 bits per heavy atom. The van der Waals surface area contributed by atoms with Crippen molar-refractivity contribution in [3.8, 4) is 0 Å². The van der Waals surface area contributed by atoms with Gasteiger partial charge in [0.15, 0.2) is 6.29 Å². The summed E-state index contributed by atoms with van der Waals surface area (Å²) < 4.78 is 37.6. The summed E-state index contributed by atoms with van der Waals surface area (Å²) in [5.41, 5.74) is 0. The summed E-state index contributed by atoms with van der Waals surface area (Å²) in [6.07, 6.45) is 3.64. The number of rotatable bonds is 3. The minimum atomic E-state index is -3.49. The zero-order valence-electron chi connectivity index (χ0n) is 14.1. The van der Waals surface area contributed by atoms with E-state index in [2.05, 4.69) is 6.92 Å². The van der Waals surface area contributed by atoms with Gasteiger partial charge in [0, 0.05) is 11.8 Å². The summed E-state index contributed by atoms with van der Waals surface area (Å²) in [5, 5.41) is 8.88. The second-order valence-electron chi connectivity index (χ2n) is 8.01. The van der Waals surface area contributed by atoms with Crippen molar-refractivity contribution < 1.29 is 23.4 Å². The SMILES string of the molecule is CC1COC(C2CCC(C3CCC(C(O)(F)F)CC3)CC2)OC1. The molecule has 0 radical (unpaired) electrons. The van der Waals surface area contributed by atoms with Crippen molar-refractivity contribution in [1.29, 1.82) is 0 Å². The Hall–Kier alpha value is -0.260. The first kappa shape index (κ1) is 17.6. The first-order valence-electron chi connectivity index (χ1n) is 9.27. The molecule has 0 aromatic rings. The summed E-state index contributed by atoms with van der Waals surface area (Å²) in [6.45, 7) is 3.73. The van der Waals surface area contributed by atoms with E-state index in [0.717, 1.165) is 51.7 Å². The molecule has 1 saturated heterocycles. The van der Waals surface area contributed by atoms with E-state index in [4.69, 9.17) is 14.6 Å². The molecule has 1 heterocycles. The van der Waals surface area contributed by atoms with Gasteiger partial charge in [-0.2, -0.15) is 8.78 Å². The van der Waals surface area contributed by atoms with Crippen LogP contribution in [0, 0.1) is 29.6 Å². The molecule has 3 rings (SSSR count). The summed E-state index contributed by atoms with van der Waals surface area (Å²) in [6, 6.07) is 0. The molecule has 0 atom stereocenters. The lowest BCUT2D eigenvalue weighted by Gasteiger charge is -2.41. The first-order chi connectivity index (χ1) is 10.9. The Labute approximate surface area is 137 Å². The Morgan fingerprint density at radius 3 is 1.70 bits per heavy atom. The fraction of sp³-hybridized carbons (Fsp3) is 1.00. The lowest BCUT2D eigenvalue weighted by Crippen LogP contribution is -2.39. The van der Waals surface area contributed by atoms with Crippen LogP contribution in [0.5, 0.6) is 0 Å². The van der Waals surface area contributed by atoms with Gasteiger partial charge in [0.05, 0.1) is 19.1 Å². The number of hydrogen-bond acceptors (Lipinski definition) is 3. The largest absolute Gasteiger partial charge is 0.356 e. The first-order valence-corrected chi connectivity index (χ1v) is 9.27. The van der Waals surface area contributed by atoms with Crippen LogP contribution in [0.3, 0.4) is 0 Å². The van der Waals surface area contributed by atoms with E-state index < -0.39 is 12.0 Å². The topological polar surface area (TPSA) is 38.7 Å². The number of ether oxygens (including phenoxy) is 2. The standard InChI is InChI=1S/C18H30F2O3/c1-12-10-22-17(23-11-12)15-4-2-13(3-5-15)14-6-8-16(9-7-14)18(19,20)21/h12-17,21H,2-11H2,1H3. The second-order valence-corrected chi connectivity index (χ2v) is 8.01. The van der Waals surface area contributed by atoms with Gasteiger partial charge >= 0.3 is 6.11 Å². The van der Waals surface area contributed by atoms with Crippen LogP contribution >= 0.6 is 0 Å². The van der Waals surface area contributed by atoms with Gasteiger partial charge in [0.2, 0.25) is 0 Å². The predicted octanol–water partition coefficient (Wildman–Crippen LogP) is 4.19. The quantitative estimate of drug-likeness (QED) is 0.842. The molecule has 3 nitrogen and oxygen atoms in total. The van der Waals surface area contributed by atoms with E-state index in [9.17, 15) is 8.78 Å². The molecule has 2 saturated carbocycles. The number of alkyl halides is 2. The number of hydrogen-bond donors (Lipinski definition) is 1. The van der Waals surface area contributed by atoms with Gasteiger partial charge in [-0.05, 0) is 63.2 Å². The average molecular weight is 332 g/mol. The molecule has 0 spiro atoms. The highest BCUT2D eigenvalue weighted by Crippen LogP contribution is 2.45. The lowest BCUT2D eigenvalue weighted by atomic mass is 9.69. The van der Waals surface area contributed by atoms with Crippen molar-refractivity contribution in [3.05, 3.63) is 0 Å². The molecule has 0 aromatic carbocycles. The Kier molecular flexibility index (Phi) is 5.59. The van der Waals surface area contributed by atoms with Crippen molar-refractivity contribution in [1.82, 2.24) is 0 Å². The van der Waals surface area contributed by atoms with Crippen LogP contribution in [0.25, 0.3) is 0 Å². The van der Waals surface area contributed by atoms with Crippen molar-refractivity contribution in [2.75, 3.05) is 13.2 Å². The maximum Gasteiger partial charge on any atom is 0.356 e. The lowest BCUT2D eigenvalue weighted by molar-refractivity contribution is -0.245. The molecule has 0 aromatic heterocycles. The summed E-state index contributed by atoms with van der Waals surface area (Å²) in [4.78, 5) is 0. The maximum absolute atomic E-state index is 13.0. The van der Waals surface area contributed by atoms with Crippen LogP contribution in [0.2, 0.25) is 0 Å². The van der Waals surface area contributed by atoms with E-state index >= 15 is 0 Å². The van der Waals surface area contributed by atoms with E-state index in [0.29, 0.717) is 36.5 Å². The molecule has 3 fully saturated rings. The molecular formula is C18H30F2O3.